The quantitative estimate of drug-likeness (QED) is 0.127. The fourth-order valence-electron chi connectivity index (χ4n) is 7.17. The average Bonchev–Trinajstić information content (AvgIpc) is 3.37. The van der Waals surface area contributed by atoms with E-state index in [1.807, 2.05) is 37.0 Å². The van der Waals surface area contributed by atoms with Gasteiger partial charge in [-0.2, -0.15) is 21.4 Å². The number of halogens is 1. The maximum atomic E-state index is 12.0. The van der Waals surface area contributed by atoms with Gasteiger partial charge in [-0.1, -0.05) is 56.5 Å². The van der Waals surface area contributed by atoms with Crippen LogP contribution in [-0.2, 0) is 35.8 Å². The first-order valence-corrected chi connectivity index (χ1v) is 20.5. The lowest BCUT2D eigenvalue weighted by Crippen LogP contribution is -2.28. The van der Waals surface area contributed by atoms with E-state index in [1.165, 1.54) is 34.7 Å². The number of ether oxygens (including phenoxy) is 1. The van der Waals surface area contributed by atoms with Gasteiger partial charge in [0.1, 0.15) is 12.3 Å². The summed E-state index contributed by atoms with van der Waals surface area (Å²) in [6, 6.07) is 11.2. The summed E-state index contributed by atoms with van der Waals surface area (Å²) >= 11 is 7.03. The third kappa shape index (κ3) is 7.82. The third-order valence-corrected chi connectivity index (χ3v) is 12.0. The number of benzene rings is 2. The molecule has 3 heterocycles. The van der Waals surface area contributed by atoms with Crippen LogP contribution in [-0.4, -0.2) is 61.7 Å². The van der Waals surface area contributed by atoms with Crippen LogP contribution in [0.1, 0.15) is 83.4 Å². The van der Waals surface area contributed by atoms with Crippen molar-refractivity contribution in [2.75, 3.05) is 30.3 Å². The monoisotopic (exact) mass is 743 g/mol. The molecule has 3 aliphatic rings. The zero-order valence-corrected chi connectivity index (χ0v) is 32.1. The minimum Gasteiger partial charge on any atom is -0.492 e. The maximum Gasteiger partial charge on any atom is 0.294 e. The Labute approximate surface area is 302 Å². The van der Waals surface area contributed by atoms with Gasteiger partial charge in [-0.3, -0.25) is 9.11 Å². The second-order valence-corrected chi connectivity index (χ2v) is 17.7. The average molecular weight is 744 g/mol. The predicted molar refractivity (Wildman–Crippen MR) is 200 cm³/mol. The lowest BCUT2D eigenvalue weighted by Gasteiger charge is -2.27. The highest BCUT2D eigenvalue weighted by Crippen LogP contribution is 2.49. The van der Waals surface area contributed by atoms with Gasteiger partial charge in [0.15, 0.2) is 5.71 Å². The highest BCUT2D eigenvalue weighted by Gasteiger charge is 2.44. The van der Waals surface area contributed by atoms with Crippen molar-refractivity contribution in [2.45, 2.75) is 89.4 Å². The normalized spacial score (nSPS) is 20.3. The molecule has 0 radical (unpaired) electrons. The Bertz CT molecular complexity index is 2060. The zero-order valence-electron chi connectivity index (χ0n) is 29.7. The molecular weight excluding hydrogens is 696 g/mol. The molecule has 0 unspecified atom stereocenters. The number of aryl methyl sites for hydroxylation is 1. The van der Waals surface area contributed by atoms with E-state index >= 15 is 0 Å². The van der Waals surface area contributed by atoms with Gasteiger partial charge in [-0.25, -0.2) is 0 Å². The molecule has 0 spiro atoms. The van der Waals surface area contributed by atoms with E-state index in [9.17, 15) is 25.9 Å². The van der Waals surface area contributed by atoms with Gasteiger partial charge in [0, 0.05) is 53.9 Å². The molecule has 3 aliphatic heterocycles. The smallest absolute Gasteiger partial charge is 0.294 e. The molecular formula is C38H48ClN2O7S2+. The molecule has 2 N–H and O–H groups in total. The molecule has 0 saturated heterocycles. The summed E-state index contributed by atoms with van der Waals surface area (Å²) in [4.78, 5) is 1.84. The van der Waals surface area contributed by atoms with Crippen LogP contribution in [0.2, 0.25) is 0 Å². The fraction of sp³-hybridized carbons (Fsp3) is 0.447. The largest absolute Gasteiger partial charge is 0.492 e. The SMILES string of the molecule is CCCC[N+]1=C(/C=C/C2=C(Cl)C(=C/C=C3/N(CCCCS(=O)(=O)O)c4ccc(S(=O)(=O)O)cc4C3(C)C)/CCO2)C(C)(C)c2cc(C)ccc21. The van der Waals surface area contributed by atoms with Gasteiger partial charge in [0.05, 0.1) is 27.7 Å². The van der Waals surface area contributed by atoms with Crippen LogP contribution in [0.25, 0.3) is 0 Å². The van der Waals surface area contributed by atoms with Crippen molar-refractivity contribution in [2.24, 2.45) is 0 Å². The van der Waals surface area contributed by atoms with Crippen LogP contribution in [0, 0.1) is 6.92 Å². The molecule has 2 aromatic rings. The Morgan fingerprint density at radius 3 is 2.36 bits per heavy atom. The van der Waals surface area contributed by atoms with Gasteiger partial charge < -0.3 is 9.64 Å². The molecule has 0 fully saturated rings. The summed E-state index contributed by atoms with van der Waals surface area (Å²) in [5.74, 6) is 0.235. The van der Waals surface area contributed by atoms with Crippen molar-refractivity contribution in [3.8, 4) is 0 Å². The van der Waals surface area contributed by atoms with Crippen molar-refractivity contribution in [3.05, 3.63) is 99.5 Å². The standard InChI is InChI=1S/C38H47ClN2O7S2/c1-7-8-20-40-31-14-11-26(2)24-29(31)37(3,4)35(40)18-16-33-36(39)27(19-22-48-33)12-17-34-38(5,6)30-25-28(50(45,46)47)13-15-32(30)41(34)21-9-10-23-49(42,43)44/h11-18,24-25H,7-10,19-23H2,1-6H3,(H-,42,43,44,45,46,47)/p+1. The maximum absolute atomic E-state index is 12.0. The molecule has 9 nitrogen and oxygen atoms in total. The van der Waals surface area contributed by atoms with Crippen molar-refractivity contribution in [1.82, 2.24) is 0 Å². The third-order valence-electron chi connectivity index (χ3n) is 9.94. The first-order valence-electron chi connectivity index (χ1n) is 17.1. The molecule has 270 valence electrons. The topological polar surface area (TPSA) is 124 Å². The Morgan fingerprint density at radius 1 is 0.940 bits per heavy atom. The minimum atomic E-state index is -4.43. The first kappa shape index (κ1) is 38.0. The van der Waals surface area contributed by atoms with Crippen LogP contribution in [0.15, 0.2) is 87.7 Å². The van der Waals surface area contributed by atoms with Crippen LogP contribution < -0.4 is 4.90 Å². The van der Waals surface area contributed by atoms with E-state index in [0.29, 0.717) is 42.3 Å². The summed E-state index contributed by atoms with van der Waals surface area (Å²) in [6.45, 7) is 14.6. The Balaban J connectivity index is 1.50. The Morgan fingerprint density at radius 2 is 1.68 bits per heavy atom. The van der Waals surface area contributed by atoms with E-state index in [2.05, 4.69) is 56.5 Å². The van der Waals surface area contributed by atoms with Crippen molar-refractivity contribution in [1.29, 1.82) is 0 Å². The molecule has 0 saturated carbocycles. The van der Waals surface area contributed by atoms with Gasteiger partial charge in [0.25, 0.3) is 20.2 Å². The van der Waals surface area contributed by atoms with E-state index in [-0.39, 0.29) is 22.5 Å². The highest BCUT2D eigenvalue weighted by atomic mass is 35.5. The summed E-state index contributed by atoms with van der Waals surface area (Å²) in [5.41, 5.74) is 7.29. The Hall–Kier alpha value is -3.22. The number of rotatable bonds is 12. The van der Waals surface area contributed by atoms with Crippen LogP contribution >= 0.6 is 11.6 Å². The summed E-state index contributed by atoms with van der Waals surface area (Å²) in [7, 11) is -8.52. The minimum absolute atomic E-state index is 0.197. The lowest BCUT2D eigenvalue weighted by molar-refractivity contribution is -0.438. The highest BCUT2D eigenvalue weighted by molar-refractivity contribution is 7.86. The zero-order chi connectivity index (χ0) is 36.6. The second-order valence-electron chi connectivity index (χ2n) is 14.3. The number of nitrogens with zero attached hydrogens (tertiary/aromatic N) is 2. The van der Waals surface area contributed by atoms with Gasteiger partial charge >= 0.3 is 0 Å². The van der Waals surface area contributed by atoms with E-state index in [4.69, 9.17) is 16.3 Å². The summed E-state index contributed by atoms with van der Waals surface area (Å²) in [5, 5.41) is 0.510. The molecule has 0 amide bonds. The molecule has 0 bridgehead atoms. The van der Waals surface area contributed by atoms with Gasteiger partial charge in [0.2, 0.25) is 5.69 Å². The molecule has 0 aliphatic carbocycles. The Kier molecular flexibility index (Phi) is 11.0. The van der Waals surface area contributed by atoms with E-state index in [0.717, 1.165) is 36.3 Å². The molecule has 12 heteroatoms. The molecule has 0 aromatic heterocycles. The summed E-state index contributed by atoms with van der Waals surface area (Å²) < 4.78 is 74.2. The number of unbranched alkanes of at least 4 members (excludes halogenated alkanes) is 2. The molecule has 2 aromatic carbocycles. The molecule has 0 atom stereocenters. The predicted octanol–water partition coefficient (Wildman–Crippen LogP) is 8.12. The second kappa shape index (κ2) is 14.4. The van der Waals surface area contributed by atoms with E-state index < -0.39 is 25.7 Å². The molecule has 50 heavy (non-hydrogen) atoms. The number of hydrogen-bond donors (Lipinski definition) is 2. The number of anilines is 1. The van der Waals surface area contributed by atoms with Gasteiger partial charge in [-0.05, 0) is 81.2 Å². The first-order chi connectivity index (χ1) is 23.4. The summed E-state index contributed by atoms with van der Waals surface area (Å²) in [6.07, 6.45) is 11.5. The van der Waals surface area contributed by atoms with Crippen molar-refractivity contribution >= 4 is 48.9 Å². The molecule has 5 rings (SSSR count). The van der Waals surface area contributed by atoms with Crippen LogP contribution in [0.5, 0.6) is 0 Å². The number of allylic oxidation sites excluding steroid dienone is 6. The van der Waals surface area contributed by atoms with Gasteiger partial charge in [-0.15, -0.1) is 0 Å². The fourth-order valence-corrected chi connectivity index (χ4v) is 8.52. The van der Waals surface area contributed by atoms with Crippen molar-refractivity contribution < 1.29 is 35.3 Å². The van der Waals surface area contributed by atoms with Crippen LogP contribution in [0.3, 0.4) is 0 Å². The van der Waals surface area contributed by atoms with Crippen LogP contribution in [0.4, 0.5) is 11.4 Å². The lowest BCUT2D eigenvalue weighted by atomic mass is 9.81. The van der Waals surface area contributed by atoms with E-state index in [1.54, 1.807) is 6.07 Å². The van der Waals surface area contributed by atoms with Crippen molar-refractivity contribution in [3.63, 3.8) is 0 Å². The number of fused-ring (bicyclic) bond motifs is 2. The number of hydrogen-bond acceptors (Lipinski definition) is 6.